The van der Waals surface area contributed by atoms with Crippen LogP contribution in [0.5, 0.6) is 0 Å². The molecule has 0 saturated carbocycles. The van der Waals surface area contributed by atoms with Gasteiger partial charge in [0.2, 0.25) is 0 Å². The van der Waals surface area contributed by atoms with Crippen molar-refractivity contribution in [1.82, 2.24) is 4.90 Å². The van der Waals surface area contributed by atoms with Crippen molar-refractivity contribution in [2.24, 2.45) is 5.92 Å². The molecule has 1 atom stereocenters. The zero-order valence-electron chi connectivity index (χ0n) is 9.61. The van der Waals surface area contributed by atoms with E-state index in [9.17, 15) is 4.79 Å². The van der Waals surface area contributed by atoms with Gasteiger partial charge >= 0.3 is 5.97 Å². The Balaban J connectivity index is 2.38. The number of hydrogen-bond acceptors (Lipinski definition) is 3. The van der Waals surface area contributed by atoms with Gasteiger partial charge in [0.25, 0.3) is 0 Å². The van der Waals surface area contributed by atoms with E-state index in [0.717, 1.165) is 32.6 Å². The fourth-order valence-corrected chi connectivity index (χ4v) is 1.91. The van der Waals surface area contributed by atoms with Crippen LogP contribution in [0.15, 0.2) is 0 Å². The molecule has 0 aromatic carbocycles. The second kappa shape index (κ2) is 6.08. The molecule has 1 aliphatic heterocycles. The highest BCUT2D eigenvalue weighted by atomic mass is 16.5. The van der Waals surface area contributed by atoms with Crippen LogP contribution in [0.3, 0.4) is 0 Å². The summed E-state index contributed by atoms with van der Waals surface area (Å²) in [7, 11) is 0. The van der Waals surface area contributed by atoms with E-state index in [4.69, 9.17) is 9.84 Å². The summed E-state index contributed by atoms with van der Waals surface area (Å²) in [6.07, 6.45) is 2.26. The Hall–Kier alpha value is -0.610. The van der Waals surface area contributed by atoms with E-state index in [-0.39, 0.29) is 12.6 Å². The third-order valence-corrected chi connectivity index (χ3v) is 2.82. The Morgan fingerprint density at radius 2 is 2.33 bits per heavy atom. The molecular weight excluding hydrogens is 194 g/mol. The lowest BCUT2D eigenvalue weighted by atomic mass is 10.0. The highest BCUT2D eigenvalue weighted by Gasteiger charge is 2.20. The van der Waals surface area contributed by atoms with Gasteiger partial charge in [0, 0.05) is 19.2 Å². The quantitative estimate of drug-likeness (QED) is 0.749. The number of aliphatic carboxylic acids is 1. The molecule has 0 aliphatic carbocycles. The standard InChI is InChI=1S/C11H21NO3/c1-9(2)12(7-11(13)14)6-10-4-3-5-15-8-10/h9-10H,3-8H2,1-2H3,(H,13,14). The number of hydrogen-bond donors (Lipinski definition) is 1. The average molecular weight is 215 g/mol. The molecule has 4 heteroatoms. The van der Waals surface area contributed by atoms with Gasteiger partial charge in [-0.15, -0.1) is 0 Å². The van der Waals surface area contributed by atoms with Crippen molar-refractivity contribution in [2.75, 3.05) is 26.3 Å². The van der Waals surface area contributed by atoms with Crippen LogP contribution in [0.25, 0.3) is 0 Å². The summed E-state index contributed by atoms with van der Waals surface area (Å²) in [4.78, 5) is 12.7. The highest BCUT2D eigenvalue weighted by molar-refractivity contribution is 5.69. The fraction of sp³-hybridized carbons (Fsp3) is 0.909. The van der Waals surface area contributed by atoms with Crippen molar-refractivity contribution < 1.29 is 14.6 Å². The number of carbonyl (C=O) groups is 1. The van der Waals surface area contributed by atoms with Crippen LogP contribution >= 0.6 is 0 Å². The average Bonchev–Trinajstić information content (AvgIpc) is 2.17. The molecule has 1 saturated heterocycles. The van der Waals surface area contributed by atoms with E-state index in [1.807, 2.05) is 18.7 Å². The molecule has 15 heavy (non-hydrogen) atoms. The first-order valence-corrected chi connectivity index (χ1v) is 5.63. The van der Waals surface area contributed by atoms with E-state index in [1.165, 1.54) is 0 Å². The molecule has 1 aliphatic rings. The molecule has 4 nitrogen and oxygen atoms in total. The third-order valence-electron chi connectivity index (χ3n) is 2.82. The molecule has 0 spiro atoms. The Labute approximate surface area is 91.2 Å². The normalized spacial score (nSPS) is 22.3. The minimum absolute atomic E-state index is 0.133. The summed E-state index contributed by atoms with van der Waals surface area (Å²) >= 11 is 0. The molecule has 1 rings (SSSR count). The van der Waals surface area contributed by atoms with Crippen molar-refractivity contribution in [3.8, 4) is 0 Å². The molecule has 0 amide bonds. The number of nitrogens with zero attached hydrogens (tertiary/aromatic N) is 1. The van der Waals surface area contributed by atoms with Gasteiger partial charge in [-0.05, 0) is 32.6 Å². The monoisotopic (exact) mass is 215 g/mol. The van der Waals surface area contributed by atoms with Gasteiger partial charge in [-0.3, -0.25) is 9.69 Å². The molecule has 0 bridgehead atoms. The summed E-state index contributed by atoms with van der Waals surface area (Å²) in [5.41, 5.74) is 0. The van der Waals surface area contributed by atoms with E-state index >= 15 is 0 Å². The van der Waals surface area contributed by atoms with Crippen LogP contribution in [0.2, 0.25) is 0 Å². The Morgan fingerprint density at radius 1 is 1.60 bits per heavy atom. The third kappa shape index (κ3) is 4.62. The van der Waals surface area contributed by atoms with E-state index in [0.29, 0.717) is 5.92 Å². The van der Waals surface area contributed by atoms with Crippen molar-refractivity contribution in [3.63, 3.8) is 0 Å². The van der Waals surface area contributed by atoms with Gasteiger partial charge < -0.3 is 9.84 Å². The SMILES string of the molecule is CC(C)N(CC(=O)O)CC1CCCOC1. The van der Waals surface area contributed by atoms with Gasteiger partial charge in [0.05, 0.1) is 13.2 Å². The summed E-state index contributed by atoms with van der Waals surface area (Å²) in [6, 6.07) is 0.281. The van der Waals surface area contributed by atoms with Gasteiger partial charge in [-0.1, -0.05) is 0 Å². The van der Waals surface area contributed by atoms with Gasteiger partial charge in [-0.25, -0.2) is 0 Å². The molecule has 1 N–H and O–H groups in total. The van der Waals surface area contributed by atoms with Crippen molar-refractivity contribution in [3.05, 3.63) is 0 Å². The lowest BCUT2D eigenvalue weighted by molar-refractivity contribution is -0.139. The molecule has 0 aromatic heterocycles. The number of ether oxygens (including phenoxy) is 1. The van der Waals surface area contributed by atoms with Crippen molar-refractivity contribution >= 4 is 5.97 Å². The van der Waals surface area contributed by atoms with Crippen LogP contribution in [-0.4, -0.2) is 48.3 Å². The smallest absolute Gasteiger partial charge is 0.317 e. The number of carboxylic acids is 1. The lowest BCUT2D eigenvalue weighted by Crippen LogP contribution is -2.41. The summed E-state index contributed by atoms with van der Waals surface area (Å²) in [5, 5.41) is 8.79. The number of carboxylic acid groups (broad SMARTS) is 1. The maximum absolute atomic E-state index is 10.7. The first-order chi connectivity index (χ1) is 7.09. The predicted octanol–water partition coefficient (Wildman–Crippen LogP) is 1.21. The predicted molar refractivity (Wildman–Crippen MR) is 57.9 cm³/mol. The first-order valence-electron chi connectivity index (χ1n) is 5.63. The molecular formula is C11H21NO3. The lowest BCUT2D eigenvalue weighted by Gasteiger charge is -2.31. The Kier molecular flexibility index (Phi) is 5.05. The Bertz CT molecular complexity index is 200. The highest BCUT2D eigenvalue weighted by Crippen LogP contribution is 2.16. The number of rotatable bonds is 5. The van der Waals surface area contributed by atoms with Crippen LogP contribution in [-0.2, 0) is 9.53 Å². The van der Waals surface area contributed by atoms with Gasteiger partial charge in [0.15, 0.2) is 0 Å². The second-order valence-corrected chi connectivity index (χ2v) is 4.50. The van der Waals surface area contributed by atoms with Crippen LogP contribution < -0.4 is 0 Å². The zero-order chi connectivity index (χ0) is 11.3. The van der Waals surface area contributed by atoms with Crippen molar-refractivity contribution in [1.29, 1.82) is 0 Å². The van der Waals surface area contributed by atoms with Crippen molar-refractivity contribution in [2.45, 2.75) is 32.7 Å². The molecule has 88 valence electrons. The minimum atomic E-state index is -0.750. The fourth-order valence-electron chi connectivity index (χ4n) is 1.91. The summed E-state index contributed by atoms with van der Waals surface area (Å²) < 4.78 is 5.39. The molecule has 1 unspecified atom stereocenters. The first kappa shape index (κ1) is 12.5. The van der Waals surface area contributed by atoms with Crippen LogP contribution in [0.1, 0.15) is 26.7 Å². The zero-order valence-corrected chi connectivity index (χ0v) is 9.61. The van der Waals surface area contributed by atoms with E-state index < -0.39 is 5.97 Å². The maximum Gasteiger partial charge on any atom is 0.317 e. The maximum atomic E-state index is 10.7. The van der Waals surface area contributed by atoms with E-state index in [1.54, 1.807) is 0 Å². The molecule has 0 radical (unpaired) electrons. The van der Waals surface area contributed by atoms with Crippen LogP contribution in [0, 0.1) is 5.92 Å². The van der Waals surface area contributed by atoms with Gasteiger partial charge in [0.1, 0.15) is 0 Å². The topological polar surface area (TPSA) is 49.8 Å². The second-order valence-electron chi connectivity index (χ2n) is 4.50. The molecule has 1 fully saturated rings. The summed E-state index contributed by atoms with van der Waals surface area (Å²) in [5.74, 6) is -0.249. The summed E-state index contributed by atoms with van der Waals surface area (Å²) in [6.45, 7) is 6.68. The largest absolute Gasteiger partial charge is 0.480 e. The van der Waals surface area contributed by atoms with Gasteiger partial charge in [-0.2, -0.15) is 0 Å². The molecule has 1 heterocycles. The molecule has 0 aromatic rings. The van der Waals surface area contributed by atoms with E-state index in [2.05, 4.69) is 0 Å². The van der Waals surface area contributed by atoms with Crippen LogP contribution in [0.4, 0.5) is 0 Å². The minimum Gasteiger partial charge on any atom is -0.480 e. The Morgan fingerprint density at radius 3 is 2.80 bits per heavy atom.